The molecule has 7 heteroatoms. The number of rotatable bonds is 7. The summed E-state index contributed by atoms with van der Waals surface area (Å²) in [6.45, 7) is 9.98. The number of nitrogens with one attached hydrogen (secondary N) is 1. The molecule has 1 amide bonds. The number of nitrogens with zero attached hydrogens (tertiary/aromatic N) is 5. The molecule has 2 aromatic heterocycles. The van der Waals surface area contributed by atoms with Gasteiger partial charge in [0.25, 0.3) is 0 Å². The Balaban J connectivity index is 1.36. The van der Waals surface area contributed by atoms with Crippen molar-refractivity contribution in [2.75, 3.05) is 13.1 Å². The fourth-order valence-electron chi connectivity index (χ4n) is 4.62. The van der Waals surface area contributed by atoms with Crippen LogP contribution < -0.4 is 5.32 Å². The third-order valence-electron chi connectivity index (χ3n) is 6.80. The van der Waals surface area contributed by atoms with E-state index in [1.807, 2.05) is 19.9 Å². The highest BCUT2D eigenvalue weighted by atomic mass is 16.1. The number of likely N-dealkylation sites (tertiary alicyclic amines) is 1. The van der Waals surface area contributed by atoms with Crippen molar-refractivity contribution in [2.45, 2.75) is 59.5 Å². The second-order valence-electron chi connectivity index (χ2n) is 9.17. The standard InChI is InChI=1S/C26H32N6O/c1-18-10-12-31(13-11-18)17-22-7-5-4-6-21(22)15-28-25(33)9-8-24-19(2)30-26-23(14-27)16-29-32(26)20(24)3/h4-7,16,18H,8-13,15,17H2,1-3H3,(H,28,33). The van der Waals surface area contributed by atoms with Gasteiger partial charge in [-0.3, -0.25) is 9.69 Å². The first-order valence-corrected chi connectivity index (χ1v) is 11.8. The van der Waals surface area contributed by atoms with Gasteiger partial charge in [0.15, 0.2) is 5.65 Å². The van der Waals surface area contributed by atoms with Gasteiger partial charge in [-0.2, -0.15) is 10.4 Å². The Kier molecular flexibility index (Phi) is 7.05. The molecule has 7 nitrogen and oxygen atoms in total. The number of aromatic nitrogens is 3. The number of carbonyl (C=O) groups excluding carboxylic acids is 1. The molecule has 0 aliphatic carbocycles. The van der Waals surface area contributed by atoms with Crippen molar-refractivity contribution in [3.63, 3.8) is 0 Å². The van der Waals surface area contributed by atoms with Crippen LogP contribution >= 0.6 is 0 Å². The van der Waals surface area contributed by atoms with Crippen LogP contribution in [0, 0.1) is 31.1 Å². The third-order valence-corrected chi connectivity index (χ3v) is 6.80. The van der Waals surface area contributed by atoms with Crippen molar-refractivity contribution in [1.29, 1.82) is 5.26 Å². The molecule has 1 N–H and O–H groups in total. The van der Waals surface area contributed by atoms with E-state index in [4.69, 9.17) is 0 Å². The molecule has 1 saturated heterocycles. The van der Waals surface area contributed by atoms with E-state index < -0.39 is 0 Å². The van der Waals surface area contributed by atoms with Crippen molar-refractivity contribution >= 4 is 11.6 Å². The van der Waals surface area contributed by atoms with Crippen LogP contribution in [0.4, 0.5) is 0 Å². The SMILES string of the molecule is Cc1nc2c(C#N)cnn2c(C)c1CCC(=O)NCc1ccccc1CN1CCC(C)CC1. The second kappa shape index (κ2) is 10.1. The molecule has 1 aromatic carbocycles. The summed E-state index contributed by atoms with van der Waals surface area (Å²) in [5.41, 5.74) is 6.27. The normalized spacial score (nSPS) is 15.0. The van der Waals surface area contributed by atoms with E-state index in [2.05, 4.69) is 51.5 Å². The molecule has 0 saturated carbocycles. The van der Waals surface area contributed by atoms with Crippen LogP contribution in [-0.2, 0) is 24.3 Å². The van der Waals surface area contributed by atoms with E-state index in [1.54, 1.807) is 4.52 Å². The van der Waals surface area contributed by atoms with Gasteiger partial charge in [-0.25, -0.2) is 9.50 Å². The molecular weight excluding hydrogens is 412 g/mol. The quantitative estimate of drug-likeness (QED) is 0.601. The molecule has 33 heavy (non-hydrogen) atoms. The number of amides is 1. The van der Waals surface area contributed by atoms with Crippen LogP contribution in [0.5, 0.6) is 0 Å². The number of aryl methyl sites for hydroxylation is 2. The fourth-order valence-corrected chi connectivity index (χ4v) is 4.62. The van der Waals surface area contributed by atoms with Gasteiger partial charge in [-0.05, 0) is 68.8 Å². The summed E-state index contributed by atoms with van der Waals surface area (Å²) in [7, 11) is 0. The van der Waals surface area contributed by atoms with E-state index in [9.17, 15) is 10.1 Å². The van der Waals surface area contributed by atoms with Crippen molar-refractivity contribution in [2.24, 2.45) is 5.92 Å². The second-order valence-corrected chi connectivity index (χ2v) is 9.17. The Morgan fingerprint density at radius 1 is 1.21 bits per heavy atom. The number of carbonyl (C=O) groups is 1. The monoisotopic (exact) mass is 444 g/mol. The molecule has 3 heterocycles. The Labute approximate surface area is 195 Å². The zero-order chi connectivity index (χ0) is 23.4. The Morgan fingerprint density at radius 2 is 1.94 bits per heavy atom. The van der Waals surface area contributed by atoms with Gasteiger partial charge in [-0.1, -0.05) is 31.2 Å². The number of hydrogen-bond donors (Lipinski definition) is 1. The maximum absolute atomic E-state index is 12.7. The highest BCUT2D eigenvalue weighted by Gasteiger charge is 2.17. The Hall–Kier alpha value is -3.24. The lowest BCUT2D eigenvalue weighted by atomic mass is 9.98. The molecule has 0 spiro atoms. The highest BCUT2D eigenvalue weighted by molar-refractivity contribution is 5.76. The fraction of sp³-hybridized carbons (Fsp3) is 0.462. The summed E-state index contributed by atoms with van der Waals surface area (Å²) in [5.74, 6) is 0.842. The lowest BCUT2D eigenvalue weighted by Gasteiger charge is -2.30. The van der Waals surface area contributed by atoms with Gasteiger partial charge in [-0.15, -0.1) is 0 Å². The van der Waals surface area contributed by atoms with E-state index >= 15 is 0 Å². The van der Waals surface area contributed by atoms with Gasteiger partial charge in [0.2, 0.25) is 5.91 Å². The van der Waals surface area contributed by atoms with Crippen LogP contribution in [-0.4, -0.2) is 38.5 Å². The Bertz CT molecular complexity index is 1180. The lowest BCUT2D eigenvalue weighted by Crippen LogP contribution is -2.33. The van der Waals surface area contributed by atoms with E-state index in [0.29, 0.717) is 30.6 Å². The summed E-state index contributed by atoms with van der Waals surface area (Å²) in [6, 6.07) is 10.5. The number of hydrogen-bond acceptors (Lipinski definition) is 5. The average Bonchev–Trinajstić information content (AvgIpc) is 3.22. The molecule has 1 fully saturated rings. The van der Waals surface area contributed by atoms with E-state index in [1.165, 1.54) is 30.2 Å². The maximum Gasteiger partial charge on any atom is 0.220 e. The van der Waals surface area contributed by atoms with Gasteiger partial charge in [0.1, 0.15) is 11.6 Å². The predicted molar refractivity (Wildman–Crippen MR) is 127 cm³/mol. The van der Waals surface area contributed by atoms with Gasteiger partial charge in [0.05, 0.1) is 6.20 Å². The molecule has 172 valence electrons. The molecular formula is C26H32N6O. The minimum absolute atomic E-state index is 0.0219. The van der Waals surface area contributed by atoms with Crippen LogP contribution in [0.2, 0.25) is 0 Å². The minimum Gasteiger partial charge on any atom is -0.352 e. The van der Waals surface area contributed by atoms with Gasteiger partial charge in [0, 0.05) is 30.9 Å². The molecule has 3 aromatic rings. The van der Waals surface area contributed by atoms with E-state index in [-0.39, 0.29) is 5.91 Å². The zero-order valence-electron chi connectivity index (χ0n) is 19.8. The van der Waals surface area contributed by atoms with Crippen molar-refractivity contribution < 1.29 is 4.79 Å². The van der Waals surface area contributed by atoms with Crippen molar-refractivity contribution in [3.8, 4) is 6.07 Å². The van der Waals surface area contributed by atoms with Crippen LogP contribution in [0.1, 0.15) is 59.8 Å². The van der Waals surface area contributed by atoms with E-state index in [0.717, 1.165) is 42.5 Å². The summed E-state index contributed by atoms with van der Waals surface area (Å²) in [5, 5.41) is 16.6. The number of benzene rings is 1. The number of fused-ring (bicyclic) bond motifs is 1. The first kappa shape index (κ1) is 22.9. The molecule has 0 atom stereocenters. The molecule has 0 bridgehead atoms. The summed E-state index contributed by atoms with van der Waals surface area (Å²) < 4.78 is 1.69. The van der Waals surface area contributed by atoms with Crippen molar-refractivity contribution in [3.05, 3.63) is 64.1 Å². The molecule has 1 aliphatic heterocycles. The Morgan fingerprint density at radius 3 is 2.67 bits per heavy atom. The summed E-state index contributed by atoms with van der Waals surface area (Å²) in [6.07, 6.45) is 5.02. The highest BCUT2D eigenvalue weighted by Crippen LogP contribution is 2.20. The number of nitriles is 1. The number of piperidine rings is 1. The van der Waals surface area contributed by atoms with Crippen LogP contribution in [0.25, 0.3) is 5.65 Å². The zero-order valence-corrected chi connectivity index (χ0v) is 19.8. The predicted octanol–water partition coefficient (Wildman–Crippen LogP) is 3.70. The molecule has 0 unspecified atom stereocenters. The van der Waals surface area contributed by atoms with Crippen LogP contribution in [0.3, 0.4) is 0 Å². The average molecular weight is 445 g/mol. The largest absolute Gasteiger partial charge is 0.352 e. The maximum atomic E-state index is 12.7. The lowest BCUT2D eigenvalue weighted by molar-refractivity contribution is -0.121. The first-order chi connectivity index (χ1) is 16.0. The van der Waals surface area contributed by atoms with Crippen molar-refractivity contribution in [1.82, 2.24) is 24.8 Å². The topological polar surface area (TPSA) is 86.3 Å². The van der Waals surface area contributed by atoms with Gasteiger partial charge < -0.3 is 5.32 Å². The molecule has 0 radical (unpaired) electrons. The summed E-state index contributed by atoms with van der Waals surface area (Å²) >= 11 is 0. The van der Waals surface area contributed by atoms with Gasteiger partial charge >= 0.3 is 0 Å². The third kappa shape index (κ3) is 5.23. The summed E-state index contributed by atoms with van der Waals surface area (Å²) in [4.78, 5) is 19.7. The molecule has 1 aliphatic rings. The first-order valence-electron chi connectivity index (χ1n) is 11.8. The van der Waals surface area contributed by atoms with Crippen LogP contribution in [0.15, 0.2) is 30.5 Å². The molecule has 4 rings (SSSR count). The minimum atomic E-state index is 0.0219. The smallest absolute Gasteiger partial charge is 0.220 e.